The van der Waals surface area contributed by atoms with Gasteiger partial charge >= 0.3 is 5.69 Å². The molecule has 0 atom stereocenters. The predicted octanol–water partition coefficient (Wildman–Crippen LogP) is 5.22. The first-order valence-electron chi connectivity index (χ1n) is 13.9. The average molecular weight is 618 g/mol. The summed E-state index contributed by atoms with van der Waals surface area (Å²) in [5, 5.41) is 0.778. The van der Waals surface area contributed by atoms with E-state index in [0.717, 1.165) is 33.2 Å². The van der Waals surface area contributed by atoms with Crippen LogP contribution in [0.15, 0.2) is 87.1 Å². The maximum absolute atomic E-state index is 12.7. The zero-order valence-electron chi connectivity index (χ0n) is 25.5. The Labute approximate surface area is 255 Å². The Morgan fingerprint density at radius 3 is 2.27 bits per heavy atom. The molecule has 2 aromatic heterocycles. The van der Waals surface area contributed by atoms with Gasteiger partial charge in [0.1, 0.15) is 17.1 Å². The van der Waals surface area contributed by atoms with Gasteiger partial charge in [0.2, 0.25) is 10.0 Å². The fraction of sp³-hybridized carbons (Fsp3) is 0.273. The highest BCUT2D eigenvalue weighted by Gasteiger charge is 2.25. The molecule has 0 aliphatic rings. The first-order chi connectivity index (χ1) is 20.8. The van der Waals surface area contributed by atoms with Crippen molar-refractivity contribution >= 4 is 21.0 Å². The van der Waals surface area contributed by atoms with Gasteiger partial charge in [0.15, 0.2) is 0 Å². The van der Waals surface area contributed by atoms with Gasteiger partial charge in [-0.1, -0.05) is 45.0 Å². The predicted molar refractivity (Wildman–Crippen MR) is 170 cm³/mol. The molecule has 0 aliphatic carbocycles. The van der Waals surface area contributed by atoms with E-state index in [1.54, 1.807) is 32.6 Å². The zero-order valence-corrected chi connectivity index (χ0v) is 26.3. The van der Waals surface area contributed by atoms with Gasteiger partial charge in [-0.05, 0) is 46.9 Å². The Kier molecular flexibility index (Phi) is 8.28. The normalized spacial score (nSPS) is 12.2. The summed E-state index contributed by atoms with van der Waals surface area (Å²) in [5.74, 6) is 1.34. The number of aromatic nitrogens is 2. The van der Waals surface area contributed by atoms with Gasteiger partial charge in [-0.25, -0.2) is 13.2 Å². The van der Waals surface area contributed by atoms with E-state index >= 15 is 0 Å². The van der Waals surface area contributed by atoms with Crippen molar-refractivity contribution in [3.63, 3.8) is 0 Å². The van der Waals surface area contributed by atoms with Crippen LogP contribution >= 0.6 is 0 Å². The van der Waals surface area contributed by atoms with E-state index in [1.807, 2.05) is 42.5 Å². The standard InChI is InChI=1S/C33H35N3O7S/c1-33(2,3)28-17-24(36-14-13-30(37)34-32(36)38)16-27(31(28)42-5)22-9-12-26-23(20-43-29(26)15-22)19-35(44(6,39)40)18-21-7-10-25(41-4)11-8-21/h7-17,20H,18-19H2,1-6H3,(H,34,37,38). The maximum atomic E-state index is 12.7. The number of rotatable bonds is 9. The lowest BCUT2D eigenvalue weighted by Crippen LogP contribution is -2.29. The van der Waals surface area contributed by atoms with Crippen LogP contribution in [0.2, 0.25) is 0 Å². The fourth-order valence-corrected chi connectivity index (χ4v) is 5.91. The molecule has 0 amide bonds. The minimum atomic E-state index is -3.55. The number of fused-ring (bicyclic) bond motifs is 1. The molecule has 1 N–H and O–H groups in total. The topological polar surface area (TPSA) is 124 Å². The highest BCUT2D eigenvalue weighted by atomic mass is 32.2. The summed E-state index contributed by atoms with van der Waals surface area (Å²) in [6.45, 7) is 6.47. The summed E-state index contributed by atoms with van der Waals surface area (Å²) in [4.78, 5) is 26.7. The first-order valence-corrected chi connectivity index (χ1v) is 15.8. The maximum Gasteiger partial charge on any atom is 0.332 e. The smallest absolute Gasteiger partial charge is 0.332 e. The molecule has 11 heteroatoms. The summed E-state index contributed by atoms with van der Waals surface area (Å²) in [7, 11) is -0.362. The summed E-state index contributed by atoms with van der Waals surface area (Å²) in [6, 6.07) is 18.0. The zero-order chi connectivity index (χ0) is 31.8. The van der Waals surface area contributed by atoms with Crippen molar-refractivity contribution in [1.82, 2.24) is 13.9 Å². The molecule has 2 heterocycles. The van der Waals surface area contributed by atoms with Crippen molar-refractivity contribution in [3.05, 3.63) is 111 Å². The Bertz CT molecular complexity index is 2050. The highest BCUT2D eigenvalue weighted by molar-refractivity contribution is 7.88. The van der Waals surface area contributed by atoms with Crippen LogP contribution in [0.3, 0.4) is 0 Å². The number of hydrogen-bond acceptors (Lipinski definition) is 7. The lowest BCUT2D eigenvalue weighted by atomic mass is 9.83. The Morgan fingerprint density at radius 2 is 1.66 bits per heavy atom. The average Bonchev–Trinajstić information content (AvgIpc) is 3.37. The van der Waals surface area contributed by atoms with E-state index in [1.165, 1.54) is 27.4 Å². The van der Waals surface area contributed by atoms with Gasteiger partial charge in [0.05, 0.1) is 32.4 Å². The van der Waals surface area contributed by atoms with Gasteiger partial charge in [-0.2, -0.15) is 4.31 Å². The Balaban J connectivity index is 1.56. The van der Waals surface area contributed by atoms with Crippen molar-refractivity contribution in [2.24, 2.45) is 0 Å². The van der Waals surface area contributed by atoms with Crippen molar-refractivity contribution < 1.29 is 22.3 Å². The van der Waals surface area contributed by atoms with Gasteiger partial charge < -0.3 is 13.9 Å². The highest BCUT2D eigenvalue weighted by Crippen LogP contribution is 2.42. The van der Waals surface area contributed by atoms with Crippen LogP contribution in [0.5, 0.6) is 11.5 Å². The number of sulfonamides is 1. The van der Waals surface area contributed by atoms with E-state index in [-0.39, 0.29) is 18.5 Å². The molecule has 0 unspecified atom stereocenters. The minimum absolute atomic E-state index is 0.124. The monoisotopic (exact) mass is 617 g/mol. The SMILES string of the molecule is COc1ccc(CN(Cc2coc3cc(-c4cc(-n5ccc(=O)[nH]c5=O)cc(C(C)(C)C)c4OC)ccc23)S(C)(=O)=O)cc1. The largest absolute Gasteiger partial charge is 0.497 e. The molecule has 10 nitrogen and oxygen atoms in total. The van der Waals surface area contributed by atoms with Crippen LogP contribution < -0.4 is 20.7 Å². The number of aromatic amines is 1. The van der Waals surface area contributed by atoms with Gasteiger partial charge in [0, 0.05) is 47.4 Å². The molecule has 0 saturated heterocycles. The molecule has 5 aromatic rings. The molecule has 230 valence electrons. The summed E-state index contributed by atoms with van der Waals surface area (Å²) < 4.78 is 45.4. The first kappa shape index (κ1) is 30.8. The van der Waals surface area contributed by atoms with Crippen LogP contribution in [0.25, 0.3) is 27.8 Å². The third-order valence-corrected chi connectivity index (χ3v) is 8.68. The molecule has 0 fully saturated rings. The van der Waals surface area contributed by atoms with Crippen LogP contribution in [0, 0.1) is 0 Å². The van der Waals surface area contributed by atoms with Crippen molar-refractivity contribution in [3.8, 4) is 28.3 Å². The lowest BCUT2D eigenvalue weighted by Gasteiger charge is -2.25. The van der Waals surface area contributed by atoms with Gasteiger partial charge in [-0.3, -0.25) is 14.3 Å². The second-order valence-corrected chi connectivity index (χ2v) is 13.6. The van der Waals surface area contributed by atoms with E-state index in [4.69, 9.17) is 13.9 Å². The van der Waals surface area contributed by atoms with Crippen LogP contribution in [-0.4, -0.2) is 42.7 Å². The van der Waals surface area contributed by atoms with Crippen molar-refractivity contribution in [2.45, 2.75) is 39.3 Å². The summed E-state index contributed by atoms with van der Waals surface area (Å²) >= 11 is 0. The van der Waals surface area contributed by atoms with E-state index < -0.39 is 21.3 Å². The number of benzene rings is 3. The molecule has 44 heavy (non-hydrogen) atoms. The quantitative estimate of drug-likeness (QED) is 0.241. The number of nitrogens with zero attached hydrogens (tertiary/aromatic N) is 2. The summed E-state index contributed by atoms with van der Waals surface area (Å²) in [6.07, 6.45) is 4.21. The number of ether oxygens (including phenoxy) is 2. The molecular formula is C33H35N3O7S. The Hall–Kier alpha value is -4.61. The Morgan fingerprint density at radius 1 is 0.932 bits per heavy atom. The van der Waals surface area contributed by atoms with Gasteiger partial charge in [0.25, 0.3) is 5.56 Å². The molecule has 5 rings (SSSR count). The van der Waals surface area contributed by atoms with Crippen LogP contribution in [0.1, 0.15) is 37.5 Å². The number of furan rings is 1. The number of H-pyrrole nitrogens is 1. The lowest BCUT2D eigenvalue weighted by molar-refractivity contribution is 0.399. The molecule has 0 radical (unpaired) electrons. The van der Waals surface area contributed by atoms with E-state index in [0.29, 0.717) is 22.8 Å². The summed E-state index contributed by atoms with van der Waals surface area (Å²) in [5.41, 5.74) is 3.68. The molecule has 3 aromatic carbocycles. The number of hydrogen-bond donors (Lipinski definition) is 1. The number of methoxy groups -OCH3 is 2. The van der Waals surface area contributed by atoms with Crippen LogP contribution in [-0.2, 0) is 28.5 Å². The second kappa shape index (κ2) is 11.8. The van der Waals surface area contributed by atoms with E-state index in [9.17, 15) is 18.0 Å². The van der Waals surface area contributed by atoms with Crippen molar-refractivity contribution in [1.29, 1.82) is 0 Å². The molecule has 0 bridgehead atoms. The van der Waals surface area contributed by atoms with Gasteiger partial charge in [-0.15, -0.1) is 0 Å². The third kappa shape index (κ3) is 6.34. The second-order valence-electron chi connectivity index (χ2n) is 11.7. The van der Waals surface area contributed by atoms with E-state index in [2.05, 4.69) is 25.8 Å². The molecule has 0 aliphatic heterocycles. The van der Waals surface area contributed by atoms with Crippen molar-refractivity contribution in [2.75, 3.05) is 20.5 Å². The third-order valence-electron chi connectivity index (χ3n) is 7.49. The van der Waals surface area contributed by atoms with Crippen LogP contribution in [0.4, 0.5) is 0 Å². The fourth-order valence-electron chi connectivity index (χ4n) is 5.15. The molecular weight excluding hydrogens is 582 g/mol. The minimum Gasteiger partial charge on any atom is -0.497 e. The molecule has 0 spiro atoms. The molecule has 0 saturated carbocycles. The number of nitrogens with one attached hydrogen (secondary N) is 1.